The average molecular weight is 313 g/mol. The van der Waals surface area contributed by atoms with Crippen LogP contribution in [-0.2, 0) is 11.3 Å². The molecule has 0 aliphatic carbocycles. The highest BCUT2D eigenvalue weighted by Crippen LogP contribution is 2.28. The molecule has 0 saturated carbocycles. The third-order valence-electron chi connectivity index (χ3n) is 2.34. The van der Waals surface area contributed by atoms with Gasteiger partial charge < -0.3 is 11.1 Å². The van der Waals surface area contributed by atoms with Gasteiger partial charge in [-0.05, 0) is 24.3 Å². The van der Waals surface area contributed by atoms with Crippen LogP contribution in [0.4, 0.5) is 5.69 Å². The van der Waals surface area contributed by atoms with E-state index in [1.165, 1.54) is 16.6 Å². The molecule has 0 unspecified atom stereocenters. The summed E-state index contributed by atoms with van der Waals surface area (Å²) in [5.41, 5.74) is 6.16. The van der Waals surface area contributed by atoms with E-state index in [-0.39, 0.29) is 11.7 Å². The number of hydrogen-bond acceptors (Lipinski definition) is 4. The highest BCUT2D eigenvalue weighted by atomic mass is 35.5. The van der Waals surface area contributed by atoms with E-state index < -0.39 is 0 Å². The van der Waals surface area contributed by atoms with Crippen LogP contribution in [-0.4, -0.2) is 11.7 Å². The SMILES string of the molecule is NC(=O)CSc1ccccc1NCc1ccc(Cl)s1. The van der Waals surface area contributed by atoms with Crippen LogP contribution in [0.25, 0.3) is 0 Å². The summed E-state index contributed by atoms with van der Waals surface area (Å²) >= 11 is 8.88. The number of hydrogen-bond donors (Lipinski definition) is 2. The number of thiophene rings is 1. The summed E-state index contributed by atoms with van der Waals surface area (Å²) in [6.07, 6.45) is 0. The molecule has 19 heavy (non-hydrogen) atoms. The van der Waals surface area contributed by atoms with Gasteiger partial charge in [-0.2, -0.15) is 0 Å². The maximum atomic E-state index is 10.8. The molecule has 0 atom stereocenters. The van der Waals surface area contributed by atoms with E-state index in [2.05, 4.69) is 5.32 Å². The van der Waals surface area contributed by atoms with Crippen LogP contribution in [0.2, 0.25) is 4.34 Å². The third-order valence-corrected chi connectivity index (χ3v) is 4.67. The smallest absolute Gasteiger partial charge is 0.227 e. The molecule has 100 valence electrons. The summed E-state index contributed by atoms with van der Waals surface area (Å²) in [4.78, 5) is 13.0. The van der Waals surface area contributed by atoms with Crippen molar-refractivity contribution >= 4 is 46.3 Å². The molecule has 1 heterocycles. The molecule has 1 aromatic heterocycles. The third kappa shape index (κ3) is 4.45. The van der Waals surface area contributed by atoms with Gasteiger partial charge in [0, 0.05) is 22.0 Å². The van der Waals surface area contributed by atoms with Gasteiger partial charge in [-0.15, -0.1) is 23.1 Å². The first kappa shape index (κ1) is 14.2. The summed E-state index contributed by atoms with van der Waals surface area (Å²) in [7, 11) is 0. The summed E-state index contributed by atoms with van der Waals surface area (Å²) in [6, 6.07) is 11.7. The Morgan fingerprint density at radius 2 is 2.11 bits per heavy atom. The Morgan fingerprint density at radius 1 is 1.32 bits per heavy atom. The Balaban J connectivity index is 2.01. The van der Waals surface area contributed by atoms with E-state index in [0.29, 0.717) is 6.54 Å². The Morgan fingerprint density at radius 3 is 2.79 bits per heavy atom. The molecule has 1 amide bonds. The van der Waals surface area contributed by atoms with Crippen molar-refractivity contribution in [3.8, 4) is 0 Å². The monoisotopic (exact) mass is 312 g/mol. The van der Waals surface area contributed by atoms with Crippen molar-refractivity contribution in [1.82, 2.24) is 0 Å². The first-order valence-electron chi connectivity index (χ1n) is 5.63. The quantitative estimate of drug-likeness (QED) is 0.801. The molecule has 0 aliphatic rings. The molecule has 0 spiro atoms. The van der Waals surface area contributed by atoms with Crippen molar-refractivity contribution in [2.75, 3.05) is 11.1 Å². The zero-order chi connectivity index (χ0) is 13.7. The number of amides is 1. The topological polar surface area (TPSA) is 55.1 Å². The van der Waals surface area contributed by atoms with E-state index >= 15 is 0 Å². The Bertz CT molecular complexity index is 571. The molecule has 0 fully saturated rings. The lowest BCUT2D eigenvalue weighted by molar-refractivity contribution is -0.115. The first-order valence-corrected chi connectivity index (χ1v) is 7.81. The number of para-hydroxylation sites is 1. The van der Waals surface area contributed by atoms with Gasteiger partial charge >= 0.3 is 0 Å². The Kier molecular flexibility index (Phi) is 5.13. The van der Waals surface area contributed by atoms with E-state index in [9.17, 15) is 4.79 Å². The minimum absolute atomic E-state index is 0.281. The van der Waals surface area contributed by atoms with Crippen LogP contribution in [0.5, 0.6) is 0 Å². The average Bonchev–Trinajstić information content (AvgIpc) is 2.80. The van der Waals surface area contributed by atoms with Gasteiger partial charge in [0.15, 0.2) is 0 Å². The molecule has 0 radical (unpaired) electrons. The van der Waals surface area contributed by atoms with Crippen LogP contribution < -0.4 is 11.1 Å². The van der Waals surface area contributed by atoms with Gasteiger partial charge in [0.05, 0.1) is 10.1 Å². The lowest BCUT2D eigenvalue weighted by Gasteiger charge is -2.10. The zero-order valence-corrected chi connectivity index (χ0v) is 12.4. The highest BCUT2D eigenvalue weighted by Gasteiger charge is 2.05. The van der Waals surface area contributed by atoms with Crippen LogP contribution in [0.15, 0.2) is 41.3 Å². The number of primary amides is 1. The highest BCUT2D eigenvalue weighted by molar-refractivity contribution is 8.00. The van der Waals surface area contributed by atoms with Crippen LogP contribution in [0, 0.1) is 0 Å². The Hall–Kier alpha value is -1.17. The number of carbonyl (C=O) groups excluding carboxylic acids is 1. The molecular weight excluding hydrogens is 300 g/mol. The minimum atomic E-state index is -0.315. The maximum absolute atomic E-state index is 10.8. The van der Waals surface area contributed by atoms with Crippen molar-refractivity contribution in [1.29, 1.82) is 0 Å². The molecule has 3 N–H and O–H groups in total. The van der Waals surface area contributed by atoms with Crippen molar-refractivity contribution in [2.24, 2.45) is 5.73 Å². The standard InChI is InChI=1S/C13H13ClN2OS2/c14-12-6-5-9(19-12)7-16-10-3-1-2-4-11(10)18-8-13(15)17/h1-6,16H,7-8H2,(H2,15,17). The summed E-state index contributed by atoms with van der Waals surface area (Å²) in [5, 5.41) is 3.35. The summed E-state index contributed by atoms with van der Waals surface area (Å²) in [5.74, 6) is -0.0337. The van der Waals surface area contributed by atoms with E-state index in [0.717, 1.165) is 14.9 Å². The summed E-state index contributed by atoms with van der Waals surface area (Å²) < 4.78 is 0.785. The van der Waals surface area contributed by atoms with Crippen LogP contribution in [0.1, 0.15) is 4.88 Å². The second-order valence-corrected chi connectivity index (χ2v) is 6.63. The zero-order valence-electron chi connectivity index (χ0n) is 10.1. The summed E-state index contributed by atoms with van der Waals surface area (Å²) in [6.45, 7) is 0.714. The fraction of sp³-hybridized carbons (Fsp3) is 0.154. The molecule has 2 rings (SSSR count). The number of carbonyl (C=O) groups is 1. The second-order valence-electron chi connectivity index (χ2n) is 3.81. The minimum Gasteiger partial charge on any atom is -0.379 e. The van der Waals surface area contributed by atoms with Gasteiger partial charge in [0.1, 0.15) is 0 Å². The molecule has 1 aromatic carbocycles. The molecule has 2 aromatic rings. The molecule has 0 bridgehead atoms. The predicted octanol–water partition coefficient (Wildman–Crippen LogP) is 3.59. The number of thioether (sulfide) groups is 1. The fourth-order valence-electron chi connectivity index (χ4n) is 1.52. The normalized spacial score (nSPS) is 10.4. The molecule has 6 heteroatoms. The lowest BCUT2D eigenvalue weighted by Crippen LogP contribution is -2.13. The van der Waals surface area contributed by atoms with Gasteiger partial charge in [-0.1, -0.05) is 23.7 Å². The number of nitrogens with one attached hydrogen (secondary N) is 1. The van der Waals surface area contributed by atoms with E-state index in [1.807, 2.05) is 36.4 Å². The maximum Gasteiger partial charge on any atom is 0.227 e. The van der Waals surface area contributed by atoms with Gasteiger partial charge in [0.25, 0.3) is 0 Å². The van der Waals surface area contributed by atoms with Crippen LogP contribution >= 0.6 is 34.7 Å². The largest absolute Gasteiger partial charge is 0.379 e. The number of anilines is 1. The van der Waals surface area contributed by atoms with E-state index in [1.54, 1.807) is 11.3 Å². The predicted molar refractivity (Wildman–Crippen MR) is 83.0 cm³/mol. The fourth-order valence-corrected chi connectivity index (χ4v) is 3.31. The lowest BCUT2D eigenvalue weighted by atomic mass is 10.3. The van der Waals surface area contributed by atoms with Crippen molar-refractivity contribution in [3.05, 3.63) is 45.6 Å². The van der Waals surface area contributed by atoms with Gasteiger partial charge in [-0.3, -0.25) is 4.79 Å². The number of benzene rings is 1. The Labute approximate surface area is 125 Å². The van der Waals surface area contributed by atoms with Gasteiger partial charge in [-0.25, -0.2) is 0 Å². The molecular formula is C13H13ClN2OS2. The molecule has 0 saturated heterocycles. The first-order chi connectivity index (χ1) is 9.15. The number of nitrogens with two attached hydrogens (primary N) is 1. The van der Waals surface area contributed by atoms with E-state index in [4.69, 9.17) is 17.3 Å². The second kappa shape index (κ2) is 6.84. The molecule has 3 nitrogen and oxygen atoms in total. The van der Waals surface area contributed by atoms with Crippen LogP contribution in [0.3, 0.4) is 0 Å². The number of rotatable bonds is 6. The van der Waals surface area contributed by atoms with Gasteiger partial charge in [0.2, 0.25) is 5.91 Å². The van der Waals surface area contributed by atoms with Crippen molar-refractivity contribution in [2.45, 2.75) is 11.4 Å². The molecule has 0 aliphatic heterocycles. The number of halogens is 1. The van der Waals surface area contributed by atoms with Crippen molar-refractivity contribution in [3.63, 3.8) is 0 Å². The van der Waals surface area contributed by atoms with Crippen molar-refractivity contribution < 1.29 is 4.79 Å².